The fraction of sp³-hybridized carbons (Fsp3) is 0.571. The number of nitrogens with zero attached hydrogens (tertiary/aromatic N) is 2. The zero-order valence-corrected chi connectivity index (χ0v) is 10.3. The van der Waals surface area contributed by atoms with E-state index in [1.807, 2.05) is 0 Å². The predicted molar refractivity (Wildman–Crippen MR) is 60.1 cm³/mol. The first kappa shape index (κ1) is 11.7. The van der Waals surface area contributed by atoms with Crippen LogP contribution in [0.25, 0.3) is 0 Å². The van der Waals surface area contributed by atoms with Crippen molar-refractivity contribution >= 4 is 37.9 Å². The molecule has 1 aromatic rings. The van der Waals surface area contributed by atoms with E-state index < -0.39 is 9.84 Å². The van der Waals surface area contributed by atoms with E-state index in [2.05, 4.69) is 4.98 Å². The highest BCUT2D eigenvalue weighted by molar-refractivity contribution is 7.90. The van der Waals surface area contributed by atoms with Gasteiger partial charge in [0.05, 0.1) is 5.75 Å². The van der Waals surface area contributed by atoms with E-state index in [4.69, 9.17) is 11.6 Å². The number of aromatic nitrogens is 1. The van der Waals surface area contributed by atoms with Gasteiger partial charge in [0, 0.05) is 25.2 Å². The minimum absolute atomic E-state index is 0.126. The number of hydrogen-bond donors (Lipinski definition) is 0. The zero-order chi connectivity index (χ0) is 10.8. The molecular formula is C7H11ClN2O2S2. The second kappa shape index (κ2) is 4.46. The van der Waals surface area contributed by atoms with Gasteiger partial charge in [0.2, 0.25) is 0 Å². The summed E-state index contributed by atoms with van der Waals surface area (Å²) in [5.74, 6) is 0.126. The fourth-order valence-corrected chi connectivity index (χ4v) is 2.37. The topological polar surface area (TPSA) is 50.3 Å². The summed E-state index contributed by atoms with van der Waals surface area (Å²) in [4.78, 5) is 5.80. The van der Waals surface area contributed by atoms with Crippen LogP contribution in [0.5, 0.6) is 0 Å². The third-order valence-electron chi connectivity index (χ3n) is 1.59. The quantitative estimate of drug-likeness (QED) is 0.812. The summed E-state index contributed by atoms with van der Waals surface area (Å²) in [5, 5.41) is 2.89. The molecule has 1 rings (SSSR count). The van der Waals surface area contributed by atoms with Crippen LogP contribution >= 0.6 is 22.9 Å². The van der Waals surface area contributed by atoms with Crippen LogP contribution in [0.1, 0.15) is 0 Å². The van der Waals surface area contributed by atoms with Crippen LogP contribution < -0.4 is 4.90 Å². The summed E-state index contributed by atoms with van der Waals surface area (Å²) in [5.41, 5.74) is 0. The highest BCUT2D eigenvalue weighted by Crippen LogP contribution is 2.21. The van der Waals surface area contributed by atoms with Gasteiger partial charge in [0.25, 0.3) is 0 Å². The molecule has 0 N–H and O–H groups in total. The van der Waals surface area contributed by atoms with Crippen molar-refractivity contribution in [3.05, 3.63) is 10.5 Å². The van der Waals surface area contributed by atoms with Gasteiger partial charge in [-0.3, -0.25) is 0 Å². The van der Waals surface area contributed by atoms with Gasteiger partial charge in [-0.25, -0.2) is 13.4 Å². The van der Waals surface area contributed by atoms with Gasteiger partial charge in [0.15, 0.2) is 5.13 Å². The fourth-order valence-electron chi connectivity index (χ4n) is 0.819. The molecule has 1 aromatic heterocycles. The average Bonchev–Trinajstić information content (AvgIpc) is 2.46. The van der Waals surface area contributed by atoms with Crippen LogP contribution in [-0.2, 0) is 9.84 Å². The predicted octanol–water partition coefficient (Wildman–Crippen LogP) is 1.28. The lowest BCUT2D eigenvalue weighted by molar-refractivity contribution is 0.601. The largest absolute Gasteiger partial charge is 0.350 e. The molecule has 0 saturated heterocycles. The Morgan fingerprint density at radius 3 is 2.71 bits per heavy atom. The molecule has 7 heteroatoms. The van der Waals surface area contributed by atoms with Gasteiger partial charge in [-0.1, -0.05) is 11.6 Å². The van der Waals surface area contributed by atoms with Gasteiger partial charge in [0.1, 0.15) is 15.0 Å². The number of hydrogen-bond acceptors (Lipinski definition) is 5. The van der Waals surface area contributed by atoms with Crippen molar-refractivity contribution in [3.8, 4) is 0 Å². The molecule has 80 valence electrons. The lowest BCUT2D eigenvalue weighted by Gasteiger charge is -2.14. The highest BCUT2D eigenvalue weighted by atomic mass is 35.5. The molecule has 1 heterocycles. The minimum Gasteiger partial charge on any atom is -0.350 e. The van der Waals surface area contributed by atoms with Gasteiger partial charge < -0.3 is 4.90 Å². The van der Waals surface area contributed by atoms with Crippen LogP contribution in [0.15, 0.2) is 5.38 Å². The number of anilines is 1. The maximum absolute atomic E-state index is 10.9. The van der Waals surface area contributed by atoms with Crippen LogP contribution in [0.4, 0.5) is 5.13 Å². The molecule has 0 aliphatic carbocycles. The van der Waals surface area contributed by atoms with Crippen LogP contribution in [-0.4, -0.2) is 39.0 Å². The number of halogens is 1. The summed E-state index contributed by atoms with van der Waals surface area (Å²) in [6, 6.07) is 0. The first-order valence-corrected chi connectivity index (χ1v) is 7.20. The molecule has 0 aliphatic rings. The average molecular weight is 255 g/mol. The molecule has 0 aliphatic heterocycles. The monoisotopic (exact) mass is 254 g/mol. The summed E-state index contributed by atoms with van der Waals surface area (Å²) in [7, 11) is -1.13. The van der Waals surface area contributed by atoms with Crippen molar-refractivity contribution in [2.45, 2.75) is 0 Å². The first-order valence-electron chi connectivity index (χ1n) is 3.88. The summed E-state index contributed by atoms with van der Waals surface area (Å²) in [6.45, 7) is 0.433. The second-order valence-corrected chi connectivity index (χ2v) is 6.49. The maximum atomic E-state index is 10.9. The molecule has 0 amide bonds. The van der Waals surface area contributed by atoms with E-state index in [1.165, 1.54) is 17.6 Å². The SMILES string of the molecule is CN(CCS(C)(=O)=O)c1nc(Cl)cs1. The molecule has 0 atom stereocenters. The van der Waals surface area contributed by atoms with E-state index in [0.717, 1.165) is 5.13 Å². The smallest absolute Gasteiger partial charge is 0.186 e. The van der Waals surface area contributed by atoms with Crippen molar-refractivity contribution in [2.75, 3.05) is 30.5 Å². The molecule has 0 bridgehead atoms. The minimum atomic E-state index is -2.92. The van der Waals surface area contributed by atoms with Crippen molar-refractivity contribution in [3.63, 3.8) is 0 Å². The van der Waals surface area contributed by atoms with E-state index in [9.17, 15) is 8.42 Å². The molecule has 0 aromatic carbocycles. The second-order valence-electron chi connectivity index (χ2n) is 3.00. The van der Waals surface area contributed by atoms with Gasteiger partial charge >= 0.3 is 0 Å². The lowest BCUT2D eigenvalue weighted by atomic mass is 10.7. The van der Waals surface area contributed by atoms with E-state index in [1.54, 1.807) is 17.3 Å². The van der Waals surface area contributed by atoms with Crippen LogP contribution in [0.2, 0.25) is 5.15 Å². The third kappa shape index (κ3) is 3.81. The molecule has 0 saturated carbocycles. The molecule has 0 spiro atoms. The summed E-state index contributed by atoms with van der Waals surface area (Å²) in [6.07, 6.45) is 1.22. The van der Waals surface area contributed by atoms with Crippen LogP contribution in [0.3, 0.4) is 0 Å². The van der Waals surface area contributed by atoms with Crippen molar-refractivity contribution in [2.24, 2.45) is 0 Å². The number of sulfone groups is 1. The van der Waals surface area contributed by atoms with Gasteiger partial charge in [-0.05, 0) is 0 Å². The van der Waals surface area contributed by atoms with Crippen molar-refractivity contribution in [1.29, 1.82) is 0 Å². The summed E-state index contributed by atoms with van der Waals surface area (Å²) >= 11 is 7.05. The molecular weight excluding hydrogens is 244 g/mol. The number of thiazole rings is 1. The molecule has 0 fully saturated rings. The third-order valence-corrected chi connectivity index (χ3v) is 3.79. The lowest BCUT2D eigenvalue weighted by Crippen LogP contribution is -2.24. The van der Waals surface area contributed by atoms with Crippen molar-refractivity contribution in [1.82, 2.24) is 4.98 Å². The van der Waals surface area contributed by atoms with Crippen molar-refractivity contribution < 1.29 is 8.42 Å². The Kier molecular flexibility index (Phi) is 3.74. The standard InChI is InChI=1S/C7H11ClN2O2S2/c1-10(3-4-14(2,11)12)7-9-6(8)5-13-7/h5H,3-4H2,1-2H3. The van der Waals surface area contributed by atoms with Crippen LogP contribution in [0, 0.1) is 0 Å². The maximum Gasteiger partial charge on any atom is 0.186 e. The Morgan fingerprint density at radius 1 is 1.64 bits per heavy atom. The Hall–Kier alpha value is -0.330. The Morgan fingerprint density at radius 2 is 2.29 bits per heavy atom. The molecule has 0 unspecified atom stereocenters. The first-order chi connectivity index (χ1) is 6.38. The Balaban J connectivity index is 2.55. The van der Waals surface area contributed by atoms with E-state index in [-0.39, 0.29) is 5.75 Å². The zero-order valence-electron chi connectivity index (χ0n) is 7.90. The molecule has 0 radical (unpaired) electrons. The molecule has 4 nitrogen and oxygen atoms in total. The summed E-state index contributed by atoms with van der Waals surface area (Å²) < 4.78 is 21.8. The van der Waals surface area contributed by atoms with E-state index >= 15 is 0 Å². The Bertz CT molecular complexity index is 402. The number of rotatable bonds is 4. The van der Waals surface area contributed by atoms with Gasteiger partial charge in [-0.2, -0.15) is 0 Å². The molecule has 14 heavy (non-hydrogen) atoms. The highest BCUT2D eigenvalue weighted by Gasteiger charge is 2.09. The van der Waals surface area contributed by atoms with E-state index in [0.29, 0.717) is 11.7 Å². The Labute approximate surface area is 92.4 Å². The van der Waals surface area contributed by atoms with Gasteiger partial charge in [-0.15, -0.1) is 11.3 Å². The normalized spacial score (nSPS) is 11.6.